The maximum atomic E-state index is 2.54. The molecule has 1 heteroatoms. The largest absolute Gasteiger partial charge is 0.309 e. The van der Waals surface area contributed by atoms with E-state index >= 15 is 0 Å². The van der Waals surface area contributed by atoms with Gasteiger partial charge in [-0.25, -0.2) is 0 Å². The van der Waals surface area contributed by atoms with Crippen LogP contribution in [0.3, 0.4) is 0 Å². The van der Waals surface area contributed by atoms with Gasteiger partial charge in [0, 0.05) is 38.3 Å². The average Bonchev–Trinajstić information content (AvgIpc) is 3.95. The van der Waals surface area contributed by atoms with Crippen molar-refractivity contribution in [2.24, 2.45) is 0 Å². The van der Waals surface area contributed by atoms with Gasteiger partial charge in [0.15, 0.2) is 0 Å². The van der Waals surface area contributed by atoms with Gasteiger partial charge in [-0.1, -0.05) is 193 Å². The van der Waals surface area contributed by atoms with Crippen molar-refractivity contribution in [2.75, 3.05) is 0 Å². The summed E-state index contributed by atoms with van der Waals surface area (Å²) in [6.45, 7) is 14.3. The van der Waals surface area contributed by atoms with Crippen molar-refractivity contribution in [2.45, 2.75) is 57.8 Å². The summed E-state index contributed by atoms with van der Waals surface area (Å²) in [7, 11) is 0. The minimum absolute atomic E-state index is 0.0779. The smallest absolute Gasteiger partial charge is 0.0620 e. The molecule has 9 aromatic carbocycles. The van der Waals surface area contributed by atoms with Crippen LogP contribution < -0.4 is 0 Å². The lowest BCUT2D eigenvalue weighted by atomic mass is 9.81. The van der Waals surface area contributed by atoms with Crippen LogP contribution in [0.25, 0.3) is 94.3 Å². The van der Waals surface area contributed by atoms with E-state index in [0.717, 1.165) is 5.69 Å². The fourth-order valence-corrected chi connectivity index (χ4v) is 12.5. The number of rotatable bonds is 4. The predicted molar refractivity (Wildman–Crippen MR) is 270 cm³/mol. The van der Waals surface area contributed by atoms with Crippen LogP contribution >= 0.6 is 0 Å². The Morgan fingerprint density at radius 1 is 0.297 bits per heavy atom. The number of fused-ring (bicyclic) bond motifs is 12. The summed E-state index contributed by atoms with van der Waals surface area (Å²) in [5, 5.41) is 2.51. The van der Waals surface area contributed by atoms with Gasteiger partial charge in [-0.15, -0.1) is 0 Å². The quantitative estimate of drug-likeness (QED) is 0.167. The standard InChI is InChI=1S/C63H49N/c1-61(2)50-27-13-10-21-44(50)57-41(24-16-30-53(57)61)38-33-34-56-47(35-38)49-37-39(42-25-17-31-54-58(42)45-22-11-14-28-51(45)62(54,3)4)36-48(60(49)64(56)40-19-8-7-9-20-40)43-26-18-32-55-59(43)46-23-12-15-29-52(46)63(55,5)6/h7-37H,1-6H3. The van der Waals surface area contributed by atoms with Crippen molar-refractivity contribution in [1.29, 1.82) is 0 Å². The average molecular weight is 820 g/mol. The van der Waals surface area contributed by atoms with Crippen LogP contribution in [0, 0.1) is 0 Å². The highest BCUT2D eigenvalue weighted by molar-refractivity contribution is 6.18. The zero-order valence-corrected chi connectivity index (χ0v) is 37.3. The normalized spacial score (nSPS) is 15.4. The van der Waals surface area contributed by atoms with E-state index in [1.807, 2.05) is 0 Å². The van der Waals surface area contributed by atoms with Gasteiger partial charge >= 0.3 is 0 Å². The Morgan fingerprint density at radius 3 is 1.23 bits per heavy atom. The summed E-state index contributed by atoms with van der Waals surface area (Å²) in [4.78, 5) is 0. The minimum atomic E-state index is -0.127. The number of aromatic nitrogens is 1. The topological polar surface area (TPSA) is 4.93 Å². The predicted octanol–water partition coefficient (Wildman–Crippen LogP) is 16.7. The van der Waals surface area contributed by atoms with Crippen LogP contribution in [0.5, 0.6) is 0 Å². The van der Waals surface area contributed by atoms with Crippen molar-refractivity contribution >= 4 is 21.8 Å². The monoisotopic (exact) mass is 819 g/mol. The molecular formula is C63H49N. The Kier molecular flexibility index (Phi) is 7.54. The SMILES string of the molecule is CC1(C)c2ccccc2-c2c(-c3ccc4c(c3)c3cc(-c5cccc6c5-c5ccccc5C6(C)C)cc(-c5cccc6c5-c5ccccc5C6(C)C)c3n4-c3ccccc3)cccc21. The first-order valence-corrected chi connectivity index (χ1v) is 22.9. The molecule has 0 aliphatic heterocycles. The number of hydrogen-bond donors (Lipinski definition) is 0. The van der Waals surface area contributed by atoms with Crippen LogP contribution in [0.1, 0.15) is 74.9 Å². The zero-order chi connectivity index (χ0) is 43.3. The molecule has 1 heterocycles. The molecule has 0 unspecified atom stereocenters. The molecule has 3 aliphatic carbocycles. The van der Waals surface area contributed by atoms with E-state index in [2.05, 4.69) is 234 Å². The Bertz CT molecular complexity index is 3630. The van der Waals surface area contributed by atoms with Crippen molar-refractivity contribution in [3.8, 4) is 72.4 Å². The van der Waals surface area contributed by atoms with E-state index in [-0.39, 0.29) is 16.2 Å². The van der Waals surface area contributed by atoms with Gasteiger partial charge in [0.25, 0.3) is 0 Å². The molecule has 3 aliphatic rings. The van der Waals surface area contributed by atoms with Gasteiger partial charge < -0.3 is 4.57 Å². The van der Waals surface area contributed by atoms with Crippen molar-refractivity contribution in [1.82, 2.24) is 4.57 Å². The van der Waals surface area contributed by atoms with E-state index in [0.29, 0.717) is 0 Å². The molecule has 0 bridgehead atoms. The second kappa shape index (κ2) is 12.9. The Balaban J connectivity index is 1.18. The van der Waals surface area contributed by atoms with Gasteiger partial charge in [-0.3, -0.25) is 0 Å². The van der Waals surface area contributed by atoms with Gasteiger partial charge in [-0.2, -0.15) is 0 Å². The van der Waals surface area contributed by atoms with Crippen LogP contribution in [0.15, 0.2) is 188 Å². The summed E-state index contributed by atoms with van der Waals surface area (Å²) >= 11 is 0. The molecule has 13 rings (SSSR count). The molecule has 0 saturated heterocycles. The lowest BCUT2D eigenvalue weighted by molar-refractivity contribution is 0.660. The first-order chi connectivity index (χ1) is 31.0. The third-order valence-corrected chi connectivity index (χ3v) is 15.6. The summed E-state index contributed by atoms with van der Waals surface area (Å²) in [6.07, 6.45) is 0. The third-order valence-electron chi connectivity index (χ3n) is 15.6. The molecule has 0 amide bonds. The second-order valence-electron chi connectivity index (χ2n) is 20.0. The number of nitrogens with zero attached hydrogens (tertiary/aromatic N) is 1. The lowest BCUT2D eigenvalue weighted by Gasteiger charge is -2.22. The van der Waals surface area contributed by atoms with Gasteiger partial charge in [0.2, 0.25) is 0 Å². The van der Waals surface area contributed by atoms with E-state index in [1.54, 1.807) is 0 Å². The summed E-state index contributed by atoms with van der Waals surface area (Å²) in [5.74, 6) is 0. The summed E-state index contributed by atoms with van der Waals surface area (Å²) in [5.41, 5.74) is 27.3. The van der Waals surface area contributed by atoms with E-state index in [4.69, 9.17) is 0 Å². The molecule has 0 saturated carbocycles. The van der Waals surface area contributed by atoms with Crippen molar-refractivity contribution in [3.63, 3.8) is 0 Å². The van der Waals surface area contributed by atoms with Gasteiger partial charge in [0.1, 0.15) is 0 Å². The molecule has 64 heavy (non-hydrogen) atoms. The van der Waals surface area contributed by atoms with Crippen LogP contribution in [0.4, 0.5) is 0 Å². The first kappa shape index (κ1) is 37.3. The Hall–Kier alpha value is -7.22. The number of benzene rings is 9. The molecule has 0 N–H and O–H groups in total. The van der Waals surface area contributed by atoms with Crippen LogP contribution in [0.2, 0.25) is 0 Å². The molecule has 0 radical (unpaired) electrons. The number of para-hydroxylation sites is 1. The molecule has 306 valence electrons. The van der Waals surface area contributed by atoms with E-state index < -0.39 is 0 Å². The van der Waals surface area contributed by atoms with Crippen LogP contribution in [-0.4, -0.2) is 4.57 Å². The van der Waals surface area contributed by atoms with E-state index in [9.17, 15) is 0 Å². The second-order valence-corrected chi connectivity index (χ2v) is 20.0. The van der Waals surface area contributed by atoms with E-state index in [1.165, 1.54) is 122 Å². The summed E-state index contributed by atoms with van der Waals surface area (Å²) in [6, 6.07) is 71.5. The highest BCUT2D eigenvalue weighted by Gasteiger charge is 2.40. The fourth-order valence-electron chi connectivity index (χ4n) is 12.5. The lowest BCUT2D eigenvalue weighted by Crippen LogP contribution is -2.14. The van der Waals surface area contributed by atoms with Gasteiger partial charge in [0.05, 0.1) is 11.0 Å². The highest BCUT2D eigenvalue weighted by Crippen LogP contribution is 2.57. The fraction of sp³-hybridized carbons (Fsp3) is 0.143. The molecular weight excluding hydrogens is 771 g/mol. The molecule has 0 spiro atoms. The molecule has 0 fully saturated rings. The molecule has 1 nitrogen and oxygen atoms in total. The minimum Gasteiger partial charge on any atom is -0.309 e. The maximum Gasteiger partial charge on any atom is 0.0620 e. The summed E-state index contributed by atoms with van der Waals surface area (Å²) < 4.78 is 2.54. The molecule has 0 atom stereocenters. The highest BCUT2D eigenvalue weighted by atomic mass is 15.0. The van der Waals surface area contributed by atoms with Gasteiger partial charge in [-0.05, 0) is 131 Å². The maximum absolute atomic E-state index is 2.54. The Morgan fingerprint density at radius 2 is 0.703 bits per heavy atom. The van der Waals surface area contributed by atoms with Crippen molar-refractivity contribution < 1.29 is 0 Å². The number of hydrogen-bond acceptors (Lipinski definition) is 0. The zero-order valence-electron chi connectivity index (χ0n) is 37.3. The third kappa shape index (κ3) is 4.85. The molecule has 10 aromatic rings. The first-order valence-electron chi connectivity index (χ1n) is 22.9. The molecule has 1 aromatic heterocycles. The van der Waals surface area contributed by atoms with Crippen molar-refractivity contribution in [3.05, 3.63) is 221 Å². The van der Waals surface area contributed by atoms with Crippen LogP contribution in [-0.2, 0) is 16.2 Å². The Labute approximate surface area is 376 Å².